The smallest absolute Gasteiger partial charge is 0.0783 e. The number of hydrogen-bond acceptors (Lipinski definition) is 4. The molecule has 0 bridgehead atoms. The Balaban J connectivity index is 1.65. The summed E-state index contributed by atoms with van der Waals surface area (Å²) in [6.07, 6.45) is 6.93. The number of hydrogen-bond donors (Lipinski definition) is 1. The van der Waals surface area contributed by atoms with Gasteiger partial charge < -0.3 is 14.8 Å². The number of likely N-dealkylation sites (N-methyl/N-ethyl adjacent to an activating group) is 1. The molecule has 19 heavy (non-hydrogen) atoms. The lowest BCUT2D eigenvalue weighted by atomic mass is 9.79. The van der Waals surface area contributed by atoms with E-state index in [9.17, 15) is 0 Å². The second kappa shape index (κ2) is 5.92. The van der Waals surface area contributed by atoms with Crippen molar-refractivity contribution in [2.24, 2.45) is 5.92 Å². The molecular formula is C15H27NO2S. The summed E-state index contributed by atoms with van der Waals surface area (Å²) in [5, 5.41) is 3.55. The topological polar surface area (TPSA) is 30.5 Å². The highest BCUT2D eigenvalue weighted by Gasteiger charge is 2.44. The van der Waals surface area contributed by atoms with Gasteiger partial charge in [0.1, 0.15) is 0 Å². The van der Waals surface area contributed by atoms with Gasteiger partial charge in [0.2, 0.25) is 0 Å². The minimum absolute atomic E-state index is 0.187. The van der Waals surface area contributed by atoms with Gasteiger partial charge in [-0.2, -0.15) is 11.8 Å². The molecule has 0 radical (unpaired) electrons. The van der Waals surface area contributed by atoms with Gasteiger partial charge in [0.15, 0.2) is 0 Å². The zero-order valence-corrected chi connectivity index (χ0v) is 13.0. The molecule has 3 rings (SSSR count). The van der Waals surface area contributed by atoms with Crippen LogP contribution in [0.25, 0.3) is 0 Å². The predicted octanol–water partition coefficient (Wildman–Crippen LogP) is 2.44. The molecule has 0 aromatic rings. The number of ether oxygens (including phenoxy) is 2. The molecule has 0 aromatic heterocycles. The Labute approximate surface area is 121 Å². The van der Waals surface area contributed by atoms with Crippen LogP contribution in [0, 0.1) is 5.92 Å². The molecule has 3 nitrogen and oxygen atoms in total. The summed E-state index contributed by atoms with van der Waals surface area (Å²) in [5.41, 5.74) is 0.187. The molecule has 5 unspecified atom stereocenters. The lowest BCUT2D eigenvalue weighted by molar-refractivity contribution is -0.0955. The first-order valence-corrected chi connectivity index (χ1v) is 8.92. The zero-order chi connectivity index (χ0) is 13.3. The molecule has 5 atom stereocenters. The molecule has 4 heteroatoms. The van der Waals surface area contributed by atoms with Crippen LogP contribution in [0.5, 0.6) is 0 Å². The van der Waals surface area contributed by atoms with Crippen LogP contribution in [-0.2, 0) is 9.47 Å². The molecule has 3 aliphatic rings. The maximum Gasteiger partial charge on any atom is 0.0783 e. The summed E-state index contributed by atoms with van der Waals surface area (Å²) < 4.78 is 12.3. The SMILES string of the molecule is CNC(C1CCOC2(CCSC2)C1)C1CCC(C)O1. The van der Waals surface area contributed by atoms with Crippen molar-refractivity contribution in [2.45, 2.75) is 62.9 Å². The van der Waals surface area contributed by atoms with Crippen LogP contribution in [0.2, 0.25) is 0 Å². The Morgan fingerprint density at radius 1 is 1.32 bits per heavy atom. The summed E-state index contributed by atoms with van der Waals surface area (Å²) in [4.78, 5) is 0. The average molecular weight is 285 g/mol. The minimum Gasteiger partial charge on any atom is -0.374 e. The third-order valence-electron chi connectivity index (χ3n) is 5.10. The van der Waals surface area contributed by atoms with E-state index in [-0.39, 0.29) is 5.60 Å². The maximum atomic E-state index is 6.15. The standard InChI is InChI=1S/C15H27NO2S/c1-11-3-4-13(18-11)14(16-2)12-5-7-17-15(9-12)6-8-19-10-15/h11-14,16H,3-10H2,1-2H3. The van der Waals surface area contributed by atoms with Crippen LogP contribution in [0.15, 0.2) is 0 Å². The van der Waals surface area contributed by atoms with Crippen molar-refractivity contribution in [1.82, 2.24) is 5.32 Å². The Bertz CT molecular complexity index is 307. The maximum absolute atomic E-state index is 6.15. The van der Waals surface area contributed by atoms with Crippen molar-refractivity contribution in [1.29, 1.82) is 0 Å². The van der Waals surface area contributed by atoms with Crippen LogP contribution in [0.1, 0.15) is 39.0 Å². The Morgan fingerprint density at radius 3 is 2.84 bits per heavy atom. The molecule has 1 spiro atoms. The van der Waals surface area contributed by atoms with Crippen molar-refractivity contribution in [3.8, 4) is 0 Å². The van der Waals surface area contributed by atoms with Crippen molar-refractivity contribution >= 4 is 11.8 Å². The lowest BCUT2D eigenvalue weighted by Crippen LogP contribution is -2.50. The van der Waals surface area contributed by atoms with Gasteiger partial charge in [-0.25, -0.2) is 0 Å². The summed E-state index contributed by atoms with van der Waals surface area (Å²) >= 11 is 2.06. The summed E-state index contributed by atoms with van der Waals surface area (Å²) in [6, 6.07) is 0.510. The van der Waals surface area contributed by atoms with E-state index in [1.165, 1.54) is 43.6 Å². The van der Waals surface area contributed by atoms with Crippen LogP contribution < -0.4 is 5.32 Å². The van der Waals surface area contributed by atoms with E-state index in [0.717, 1.165) is 6.61 Å². The molecule has 1 N–H and O–H groups in total. The molecule has 3 saturated heterocycles. The Hall–Kier alpha value is 0.230. The van der Waals surface area contributed by atoms with Crippen LogP contribution >= 0.6 is 11.8 Å². The van der Waals surface area contributed by atoms with Gasteiger partial charge in [-0.05, 0) is 57.7 Å². The van der Waals surface area contributed by atoms with E-state index >= 15 is 0 Å². The van der Waals surface area contributed by atoms with E-state index < -0.39 is 0 Å². The highest BCUT2D eigenvalue weighted by molar-refractivity contribution is 7.99. The van der Waals surface area contributed by atoms with Crippen molar-refractivity contribution < 1.29 is 9.47 Å². The van der Waals surface area contributed by atoms with Gasteiger partial charge in [0.05, 0.1) is 17.8 Å². The third kappa shape index (κ3) is 2.97. The van der Waals surface area contributed by atoms with E-state index in [4.69, 9.17) is 9.47 Å². The Kier molecular flexibility index (Phi) is 4.42. The minimum atomic E-state index is 0.187. The summed E-state index contributed by atoms with van der Waals surface area (Å²) in [7, 11) is 2.10. The second-order valence-electron chi connectivity index (χ2n) is 6.46. The van der Waals surface area contributed by atoms with Gasteiger partial charge >= 0.3 is 0 Å². The van der Waals surface area contributed by atoms with Gasteiger partial charge in [0, 0.05) is 18.4 Å². The normalized spacial score (nSPS) is 44.8. The molecule has 0 amide bonds. The first-order valence-electron chi connectivity index (χ1n) is 7.77. The number of thioether (sulfide) groups is 1. The third-order valence-corrected chi connectivity index (χ3v) is 6.33. The lowest BCUT2D eigenvalue weighted by Gasteiger charge is -2.42. The largest absolute Gasteiger partial charge is 0.374 e. The van der Waals surface area contributed by atoms with E-state index in [1.54, 1.807) is 0 Å². The van der Waals surface area contributed by atoms with Gasteiger partial charge in [-0.3, -0.25) is 0 Å². The molecule has 3 fully saturated rings. The highest BCUT2D eigenvalue weighted by atomic mass is 32.2. The fraction of sp³-hybridized carbons (Fsp3) is 1.00. The van der Waals surface area contributed by atoms with Crippen LogP contribution in [0.4, 0.5) is 0 Å². The van der Waals surface area contributed by atoms with Crippen LogP contribution in [0.3, 0.4) is 0 Å². The molecule has 3 aliphatic heterocycles. The second-order valence-corrected chi connectivity index (χ2v) is 7.57. The first-order chi connectivity index (χ1) is 9.22. The molecular weight excluding hydrogens is 258 g/mol. The predicted molar refractivity (Wildman–Crippen MR) is 79.8 cm³/mol. The highest BCUT2D eigenvalue weighted by Crippen LogP contribution is 2.42. The van der Waals surface area contributed by atoms with Crippen molar-refractivity contribution in [3.63, 3.8) is 0 Å². The van der Waals surface area contributed by atoms with E-state index in [2.05, 4.69) is 31.1 Å². The van der Waals surface area contributed by atoms with Gasteiger partial charge in [-0.15, -0.1) is 0 Å². The monoisotopic (exact) mass is 285 g/mol. The van der Waals surface area contributed by atoms with Gasteiger partial charge in [0.25, 0.3) is 0 Å². The number of nitrogens with one attached hydrogen (secondary N) is 1. The molecule has 110 valence electrons. The summed E-state index contributed by atoms with van der Waals surface area (Å²) in [5.74, 6) is 3.18. The fourth-order valence-electron chi connectivity index (χ4n) is 4.06. The van der Waals surface area contributed by atoms with Crippen LogP contribution in [-0.4, -0.2) is 49.0 Å². The zero-order valence-electron chi connectivity index (χ0n) is 12.2. The fourth-order valence-corrected chi connectivity index (χ4v) is 5.44. The van der Waals surface area contributed by atoms with Gasteiger partial charge in [-0.1, -0.05) is 0 Å². The summed E-state index contributed by atoms with van der Waals surface area (Å²) in [6.45, 7) is 3.14. The van der Waals surface area contributed by atoms with Crippen molar-refractivity contribution in [3.05, 3.63) is 0 Å². The Morgan fingerprint density at radius 2 is 2.21 bits per heavy atom. The molecule has 0 aliphatic carbocycles. The number of rotatable bonds is 3. The molecule has 0 aromatic carbocycles. The molecule has 3 heterocycles. The quantitative estimate of drug-likeness (QED) is 0.863. The average Bonchev–Trinajstić information content (AvgIpc) is 3.01. The van der Waals surface area contributed by atoms with Crippen molar-refractivity contribution in [2.75, 3.05) is 25.2 Å². The van der Waals surface area contributed by atoms with E-state index in [0.29, 0.717) is 24.2 Å². The van der Waals surface area contributed by atoms with E-state index in [1.807, 2.05) is 0 Å². The molecule has 0 saturated carbocycles. The first kappa shape index (κ1) is 14.2.